The van der Waals surface area contributed by atoms with Crippen LogP contribution in [0.25, 0.3) is 54.7 Å². The summed E-state index contributed by atoms with van der Waals surface area (Å²) in [5.41, 5.74) is 12.2. The summed E-state index contributed by atoms with van der Waals surface area (Å²) in [5, 5.41) is 9.24. The molecule has 0 spiro atoms. The Kier molecular flexibility index (Phi) is 6.46. The van der Waals surface area contributed by atoms with E-state index in [2.05, 4.69) is 90.7 Å². The van der Waals surface area contributed by atoms with E-state index in [0.29, 0.717) is 0 Å². The molecule has 0 unspecified atom stereocenters. The van der Waals surface area contributed by atoms with E-state index in [-0.39, 0.29) is 23.6 Å². The van der Waals surface area contributed by atoms with Crippen LogP contribution in [0.3, 0.4) is 0 Å². The Hall–Kier alpha value is -6.68. The van der Waals surface area contributed by atoms with Gasteiger partial charge in [-0.15, -0.1) is 0 Å². The number of H-pyrrole nitrogens is 2. The van der Waals surface area contributed by atoms with Gasteiger partial charge in [-0.2, -0.15) is 0 Å². The van der Waals surface area contributed by atoms with Crippen molar-refractivity contribution in [3.05, 3.63) is 131 Å². The molecule has 274 valence electrons. The van der Waals surface area contributed by atoms with Crippen LogP contribution in [0.5, 0.6) is 0 Å². The molecule has 4 aromatic carbocycles. The van der Waals surface area contributed by atoms with Gasteiger partial charge in [-0.05, 0) is 82.3 Å². The lowest BCUT2D eigenvalue weighted by molar-refractivity contribution is -0.127. The van der Waals surface area contributed by atoms with Crippen molar-refractivity contribution >= 4 is 67.2 Å². The van der Waals surface area contributed by atoms with E-state index in [4.69, 9.17) is 0 Å². The predicted molar refractivity (Wildman–Crippen MR) is 213 cm³/mol. The van der Waals surface area contributed by atoms with Gasteiger partial charge in [-0.3, -0.25) is 29.8 Å². The molecule has 56 heavy (non-hydrogen) atoms. The molecule has 2 fully saturated rings. The van der Waals surface area contributed by atoms with Gasteiger partial charge in [0.25, 0.3) is 0 Å². The molecule has 0 bridgehead atoms. The van der Waals surface area contributed by atoms with E-state index >= 15 is 0 Å². The third-order valence-electron chi connectivity index (χ3n) is 13.1. The molecule has 0 aliphatic carbocycles. The molecule has 4 aromatic heterocycles. The molecule has 10 heteroatoms. The predicted octanol–water partition coefficient (Wildman–Crippen LogP) is 7.17. The average molecular weight is 737 g/mol. The van der Waals surface area contributed by atoms with E-state index < -0.39 is 23.7 Å². The average Bonchev–Trinajstić information content (AvgIpc) is 4.06. The van der Waals surface area contributed by atoms with Gasteiger partial charge in [0.15, 0.2) is 0 Å². The maximum Gasteiger partial charge on any atom is 0.235 e. The zero-order chi connectivity index (χ0) is 37.4. The van der Waals surface area contributed by atoms with Crippen molar-refractivity contribution in [2.24, 2.45) is 0 Å². The molecule has 8 aromatic rings. The number of aromatic amines is 2. The van der Waals surface area contributed by atoms with Gasteiger partial charge >= 0.3 is 0 Å². The monoisotopic (exact) mass is 736 g/mol. The first-order valence-corrected chi connectivity index (χ1v) is 19.5. The molecular formula is C46H36N6O4. The van der Waals surface area contributed by atoms with Crippen LogP contribution in [-0.4, -0.2) is 42.7 Å². The van der Waals surface area contributed by atoms with Crippen molar-refractivity contribution < 1.29 is 19.2 Å². The normalized spacial score (nSPS) is 21.9. The standard InChI is InChI=1S/C46H36N6O4/c53-43-37(31-19-47-35-11-2-1-8-26(31)35)40(46(56)49-43)34-22-52-17-5-10-28-25(14-15-30(34)42(28)52)24-12-13-27-32(20-48-36(27)18-24)38-39(45(55)50-44(38)54)33-21-51-16-4-7-23-6-3-9-29(33)41(23)51/h1-3,6,8-9,11-15,18-22,37-40,47-48H,4-5,7,10,16-17H2,(H,49,53,56)(H,50,54,55)/t37-,38+,39-,40-/m1/s1. The number of carbonyl (C=O) groups excluding carboxylic acids is 4. The number of aromatic nitrogens is 4. The Labute approximate surface area is 319 Å². The highest BCUT2D eigenvalue weighted by molar-refractivity contribution is 6.14. The van der Waals surface area contributed by atoms with Gasteiger partial charge in [0.1, 0.15) is 0 Å². The van der Waals surface area contributed by atoms with Crippen molar-refractivity contribution in [2.75, 3.05) is 0 Å². The minimum atomic E-state index is -0.655. The Balaban J connectivity index is 0.936. The number of carbonyl (C=O) groups is 4. The quantitative estimate of drug-likeness (QED) is 0.140. The Morgan fingerprint density at radius 2 is 1.09 bits per heavy atom. The summed E-state index contributed by atoms with van der Waals surface area (Å²) < 4.78 is 4.52. The van der Waals surface area contributed by atoms with Crippen LogP contribution in [-0.2, 0) is 45.1 Å². The van der Waals surface area contributed by atoms with Crippen LogP contribution in [0.4, 0.5) is 0 Å². The third-order valence-corrected chi connectivity index (χ3v) is 13.1. The smallest absolute Gasteiger partial charge is 0.235 e. The first-order valence-electron chi connectivity index (χ1n) is 19.5. The highest BCUT2D eigenvalue weighted by Crippen LogP contribution is 2.48. The van der Waals surface area contributed by atoms with Crippen LogP contribution in [0.1, 0.15) is 69.9 Å². The number of para-hydroxylation sites is 2. The topological polar surface area (TPSA) is 134 Å². The fraction of sp³-hybridized carbons (Fsp3) is 0.217. The van der Waals surface area contributed by atoms with E-state index in [1.807, 2.05) is 36.7 Å². The maximum atomic E-state index is 13.6. The van der Waals surface area contributed by atoms with Crippen LogP contribution < -0.4 is 10.6 Å². The largest absolute Gasteiger partial charge is 0.361 e. The fourth-order valence-corrected chi connectivity index (χ4v) is 10.8. The number of hydrogen-bond donors (Lipinski definition) is 4. The number of aryl methyl sites for hydroxylation is 4. The summed E-state index contributed by atoms with van der Waals surface area (Å²) >= 11 is 0. The highest BCUT2D eigenvalue weighted by Gasteiger charge is 2.47. The zero-order valence-electron chi connectivity index (χ0n) is 30.3. The van der Waals surface area contributed by atoms with Crippen molar-refractivity contribution in [3.8, 4) is 11.1 Å². The van der Waals surface area contributed by atoms with E-state index in [1.165, 1.54) is 16.6 Å². The number of nitrogens with one attached hydrogen (secondary N) is 4. The number of nitrogens with zero attached hydrogens (tertiary/aromatic N) is 2. The summed E-state index contributed by atoms with van der Waals surface area (Å²) in [7, 11) is 0. The molecule has 10 nitrogen and oxygen atoms in total. The first kappa shape index (κ1) is 31.6. The molecule has 12 rings (SSSR count). The van der Waals surface area contributed by atoms with Gasteiger partial charge in [-0.25, -0.2) is 0 Å². The van der Waals surface area contributed by atoms with Crippen molar-refractivity contribution in [3.63, 3.8) is 0 Å². The number of fused-ring (bicyclic) bond motifs is 2. The summed E-state index contributed by atoms with van der Waals surface area (Å²) in [4.78, 5) is 61.0. The summed E-state index contributed by atoms with van der Waals surface area (Å²) in [6.45, 7) is 1.73. The molecule has 4 aliphatic heterocycles. The Morgan fingerprint density at radius 3 is 1.82 bits per heavy atom. The minimum Gasteiger partial charge on any atom is -0.361 e. The van der Waals surface area contributed by atoms with Gasteiger partial charge in [0.05, 0.1) is 34.7 Å². The third kappa shape index (κ3) is 4.26. The zero-order valence-corrected chi connectivity index (χ0v) is 30.3. The second-order valence-corrected chi connectivity index (χ2v) is 16.0. The summed E-state index contributed by atoms with van der Waals surface area (Å²) in [6.07, 6.45) is 11.9. The molecule has 0 radical (unpaired) electrons. The highest BCUT2D eigenvalue weighted by atomic mass is 16.2. The van der Waals surface area contributed by atoms with Gasteiger partial charge < -0.3 is 19.1 Å². The van der Waals surface area contributed by atoms with Crippen molar-refractivity contribution in [1.82, 2.24) is 29.7 Å². The summed E-state index contributed by atoms with van der Waals surface area (Å²) in [6, 6.07) is 24.8. The van der Waals surface area contributed by atoms with Crippen LogP contribution in [0, 0.1) is 0 Å². The number of benzene rings is 4. The molecule has 4 aliphatic rings. The molecule has 4 atom stereocenters. The molecular weight excluding hydrogens is 701 g/mol. The van der Waals surface area contributed by atoms with Gasteiger partial charge in [-0.1, -0.05) is 60.7 Å². The Bertz CT molecular complexity index is 3070. The summed E-state index contributed by atoms with van der Waals surface area (Å²) in [5.74, 6) is -3.63. The van der Waals surface area contributed by atoms with Crippen LogP contribution in [0.15, 0.2) is 97.6 Å². The van der Waals surface area contributed by atoms with Crippen molar-refractivity contribution in [2.45, 2.75) is 62.4 Å². The van der Waals surface area contributed by atoms with E-state index in [9.17, 15) is 19.2 Å². The first-order chi connectivity index (χ1) is 27.4. The van der Waals surface area contributed by atoms with Gasteiger partial charge in [0.2, 0.25) is 23.6 Å². The molecule has 4 N–H and O–H groups in total. The van der Waals surface area contributed by atoms with E-state index in [0.717, 1.165) is 110 Å². The molecule has 0 saturated carbocycles. The minimum absolute atomic E-state index is 0.253. The van der Waals surface area contributed by atoms with Gasteiger partial charge in [0, 0.05) is 70.5 Å². The molecule has 2 saturated heterocycles. The Morgan fingerprint density at radius 1 is 0.518 bits per heavy atom. The lowest BCUT2D eigenvalue weighted by Crippen LogP contribution is -2.21. The second kappa shape index (κ2) is 11.4. The van der Waals surface area contributed by atoms with E-state index in [1.54, 1.807) is 0 Å². The maximum absolute atomic E-state index is 13.6. The van der Waals surface area contributed by atoms with Crippen LogP contribution in [0.2, 0.25) is 0 Å². The molecule has 8 heterocycles. The number of imide groups is 2. The number of amides is 4. The van der Waals surface area contributed by atoms with Crippen molar-refractivity contribution in [1.29, 1.82) is 0 Å². The lowest BCUT2D eigenvalue weighted by atomic mass is 9.82. The fourth-order valence-electron chi connectivity index (χ4n) is 10.8. The molecule has 4 amide bonds. The van der Waals surface area contributed by atoms with Crippen LogP contribution >= 0.6 is 0 Å². The number of hydrogen-bond acceptors (Lipinski definition) is 4. The number of rotatable bonds is 5. The SMILES string of the molecule is O=C1NC(=O)[C@H](c2cn3c4c(c(-c5ccc6c([C@@H]7C(=O)NC(=O)[C@@H]7c7cn8c9c(cccc79)CCC8)c[nH]c6c5)ccc24)CCC3)[C@H]1c1c[nH]c2ccccc12. The second-order valence-electron chi connectivity index (χ2n) is 16.0. The lowest BCUT2D eigenvalue weighted by Gasteiger charge is -2.20.